The lowest BCUT2D eigenvalue weighted by molar-refractivity contribution is -0.127. The van der Waals surface area contributed by atoms with Crippen molar-refractivity contribution in [3.05, 3.63) is 55.3 Å². The molecule has 184 valence electrons. The maximum absolute atomic E-state index is 12.1. The monoisotopic (exact) mass is 476 g/mol. The Kier molecular flexibility index (Phi) is 6.91. The zero-order valence-corrected chi connectivity index (χ0v) is 19.9. The second-order valence-electron chi connectivity index (χ2n) is 9.09. The molecule has 5 rings (SSSR count). The van der Waals surface area contributed by atoms with Gasteiger partial charge in [-0.25, -0.2) is 9.97 Å². The molecule has 0 spiro atoms. The highest BCUT2D eigenvalue weighted by molar-refractivity contribution is 5.87. The minimum Gasteiger partial charge on any atom is -0.395 e. The first-order chi connectivity index (χ1) is 17.1. The number of carbonyl (C=O) groups excluding carboxylic acids is 1. The van der Waals surface area contributed by atoms with Crippen LogP contribution in [-0.2, 0) is 4.79 Å². The molecule has 2 aromatic heterocycles. The zero-order chi connectivity index (χ0) is 24.2. The first-order valence-corrected chi connectivity index (χ1v) is 12.2. The maximum atomic E-state index is 12.1. The molecular weight excluding hydrogens is 444 g/mol. The predicted molar refractivity (Wildman–Crippen MR) is 135 cm³/mol. The summed E-state index contributed by atoms with van der Waals surface area (Å²) < 4.78 is 1.83. The Morgan fingerprint density at radius 1 is 1.11 bits per heavy atom. The van der Waals surface area contributed by atoms with Crippen LogP contribution in [0.2, 0.25) is 0 Å². The fourth-order valence-electron chi connectivity index (χ4n) is 4.95. The molecular formula is C25H32N8O2. The van der Waals surface area contributed by atoms with Gasteiger partial charge in [0.25, 0.3) is 0 Å². The van der Waals surface area contributed by atoms with Crippen LogP contribution in [0.4, 0.5) is 17.3 Å². The van der Waals surface area contributed by atoms with Crippen LogP contribution in [0.3, 0.4) is 0 Å². The fourth-order valence-corrected chi connectivity index (χ4v) is 4.95. The molecule has 0 bridgehead atoms. The summed E-state index contributed by atoms with van der Waals surface area (Å²) in [5, 5.41) is 12.4. The second kappa shape index (κ2) is 10.4. The fraction of sp³-hybridized carbons (Fsp3) is 0.440. The number of piperidine rings is 1. The molecule has 2 saturated heterocycles. The number of aliphatic hydroxyl groups is 1. The molecule has 2 N–H and O–H groups in total. The van der Waals surface area contributed by atoms with Crippen LogP contribution in [0.15, 0.2) is 49.6 Å². The van der Waals surface area contributed by atoms with E-state index in [1.807, 2.05) is 21.4 Å². The van der Waals surface area contributed by atoms with E-state index < -0.39 is 0 Å². The van der Waals surface area contributed by atoms with Gasteiger partial charge in [0.2, 0.25) is 11.9 Å². The third-order valence-corrected chi connectivity index (χ3v) is 6.88. The number of carbonyl (C=O) groups is 1. The summed E-state index contributed by atoms with van der Waals surface area (Å²) in [4.78, 5) is 32.4. The summed E-state index contributed by atoms with van der Waals surface area (Å²) in [6.45, 7) is 9.77. The van der Waals surface area contributed by atoms with Gasteiger partial charge in [-0.3, -0.25) is 14.1 Å². The molecule has 4 heterocycles. The molecule has 0 saturated carbocycles. The zero-order valence-electron chi connectivity index (χ0n) is 19.9. The van der Waals surface area contributed by atoms with Gasteiger partial charge in [0.15, 0.2) is 5.65 Å². The molecule has 35 heavy (non-hydrogen) atoms. The van der Waals surface area contributed by atoms with E-state index in [2.05, 4.69) is 43.8 Å². The van der Waals surface area contributed by atoms with Crippen molar-refractivity contribution in [2.45, 2.75) is 18.8 Å². The highest BCUT2D eigenvalue weighted by Gasteiger charge is 2.27. The van der Waals surface area contributed by atoms with Crippen LogP contribution < -0.4 is 10.2 Å². The molecule has 10 heteroatoms. The molecule has 1 amide bonds. The number of aliphatic hydroxyl groups excluding tert-OH is 1. The minimum absolute atomic E-state index is 0.0364. The van der Waals surface area contributed by atoms with Crippen molar-refractivity contribution in [3.8, 4) is 0 Å². The quantitative estimate of drug-likeness (QED) is 0.499. The molecule has 1 unspecified atom stereocenters. The average Bonchev–Trinajstić information content (AvgIpc) is 3.33. The number of fused-ring (bicyclic) bond motifs is 1. The Morgan fingerprint density at radius 2 is 1.89 bits per heavy atom. The van der Waals surface area contributed by atoms with Crippen molar-refractivity contribution in [1.82, 2.24) is 29.2 Å². The molecule has 0 aliphatic carbocycles. The number of aromatic nitrogens is 4. The first kappa shape index (κ1) is 23.3. The summed E-state index contributed by atoms with van der Waals surface area (Å²) in [5.41, 5.74) is 3.76. The van der Waals surface area contributed by atoms with Gasteiger partial charge in [0.05, 0.1) is 12.3 Å². The number of nitrogens with zero attached hydrogens (tertiary/aromatic N) is 7. The van der Waals surface area contributed by atoms with Crippen LogP contribution >= 0.6 is 0 Å². The minimum atomic E-state index is -0.0364. The highest BCUT2D eigenvalue weighted by Crippen LogP contribution is 2.29. The lowest BCUT2D eigenvalue weighted by Crippen LogP contribution is -2.47. The standard InChI is InChI=1S/C25H32N8O2/c1-2-22(35)32-9-3-4-19(16-32)23-24-29-25(27-18-33(24)17-26-23)28-20-5-7-21(8-6-20)31-12-10-30(11-13-31)14-15-34/h2,5-8,17-19,34H,1,3-4,9-16H2,(H,28,29). The predicted octanol–water partition coefficient (Wildman–Crippen LogP) is 1.87. The van der Waals surface area contributed by atoms with E-state index in [-0.39, 0.29) is 18.4 Å². The Morgan fingerprint density at radius 3 is 2.63 bits per heavy atom. The topological polar surface area (TPSA) is 102 Å². The average molecular weight is 477 g/mol. The molecule has 1 aromatic carbocycles. The van der Waals surface area contributed by atoms with E-state index >= 15 is 0 Å². The van der Waals surface area contributed by atoms with Gasteiger partial charge in [-0.2, -0.15) is 4.98 Å². The van der Waals surface area contributed by atoms with Crippen molar-refractivity contribution in [2.24, 2.45) is 0 Å². The second-order valence-corrected chi connectivity index (χ2v) is 9.09. The van der Waals surface area contributed by atoms with Crippen LogP contribution in [0, 0.1) is 0 Å². The summed E-state index contributed by atoms with van der Waals surface area (Å²) >= 11 is 0. The third-order valence-electron chi connectivity index (χ3n) is 6.88. The number of anilines is 3. The number of rotatable bonds is 7. The van der Waals surface area contributed by atoms with Gasteiger partial charge in [0.1, 0.15) is 12.7 Å². The van der Waals surface area contributed by atoms with Gasteiger partial charge >= 0.3 is 0 Å². The van der Waals surface area contributed by atoms with Gasteiger partial charge in [0, 0.05) is 63.1 Å². The number of nitrogens with one attached hydrogen (secondary N) is 1. The Balaban J connectivity index is 1.27. The Hall–Kier alpha value is -3.50. The molecule has 0 radical (unpaired) electrons. The lowest BCUT2D eigenvalue weighted by atomic mass is 9.95. The number of likely N-dealkylation sites (tertiary alicyclic amines) is 1. The van der Waals surface area contributed by atoms with E-state index in [1.165, 1.54) is 11.8 Å². The first-order valence-electron chi connectivity index (χ1n) is 12.2. The molecule has 1 atom stereocenters. The van der Waals surface area contributed by atoms with E-state index in [9.17, 15) is 4.79 Å². The van der Waals surface area contributed by atoms with E-state index in [1.54, 1.807) is 12.7 Å². The number of benzene rings is 1. The van der Waals surface area contributed by atoms with Gasteiger partial charge in [-0.15, -0.1) is 0 Å². The summed E-state index contributed by atoms with van der Waals surface area (Å²) in [7, 11) is 0. The number of amides is 1. The van der Waals surface area contributed by atoms with Gasteiger partial charge in [-0.1, -0.05) is 6.58 Å². The van der Waals surface area contributed by atoms with Crippen molar-refractivity contribution in [2.75, 3.05) is 62.6 Å². The van der Waals surface area contributed by atoms with Crippen molar-refractivity contribution < 1.29 is 9.90 Å². The number of hydrogen-bond donors (Lipinski definition) is 2. The molecule has 10 nitrogen and oxygen atoms in total. The van der Waals surface area contributed by atoms with Crippen molar-refractivity contribution in [1.29, 1.82) is 0 Å². The SMILES string of the molecule is C=CC(=O)N1CCCC(c2ncn3cnc(Nc4ccc(N5CCN(CCO)CC5)cc4)nc23)C1. The Bertz CT molecular complexity index is 1170. The summed E-state index contributed by atoms with van der Waals surface area (Å²) in [6.07, 6.45) is 6.73. The molecule has 2 aliphatic heterocycles. The van der Waals surface area contributed by atoms with Gasteiger partial charge < -0.3 is 20.2 Å². The number of hydrogen-bond acceptors (Lipinski definition) is 8. The summed E-state index contributed by atoms with van der Waals surface area (Å²) in [6, 6.07) is 8.31. The number of piperazine rings is 1. The Labute approximate surface area is 204 Å². The van der Waals surface area contributed by atoms with Crippen LogP contribution in [0.25, 0.3) is 5.65 Å². The van der Waals surface area contributed by atoms with E-state index in [0.29, 0.717) is 12.5 Å². The van der Waals surface area contributed by atoms with Crippen molar-refractivity contribution in [3.63, 3.8) is 0 Å². The van der Waals surface area contributed by atoms with E-state index in [4.69, 9.17) is 10.1 Å². The number of imidazole rings is 1. The summed E-state index contributed by atoms with van der Waals surface area (Å²) in [5.74, 6) is 0.614. The normalized spacial score (nSPS) is 19.2. The lowest BCUT2D eigenvalue weighted by Gasteiger charge is -2.35. The number of β-amino-alcohol motifs (C(OH)–C–C–N with tert-alkyl or cyclic N) is 1. The van der Waals surface area contributed by atoms with E-state index in [0.717, 1.165) is 69.1 Å². The van der Waals surface area contributed by atoms with Gasteiger partial charge in [-0.05, 0) is 43.2 Å². The van der Waals surface area contributed by atoms with Crippen LogP contribution in [0.5, 0.6) is 0 Å². The largest absolute Gasteiger partial charge is 0.395 e. The maximum Gasteiger partial charge on any atom is 0.245 e. The molecule has 2 aliphatic rings. The molecule has 2 fully saturated rings. The van der Waals surface area contributed by atoms with Crippen molar-refractivity contribution >= 4 is 28.9 Å². The smallest absolute Gasteiger partial charge is 0.245 e. The van der Waals surface area contributed by atoms with Crippen LogP contribution in [-0.4, -0.2) is 92.6 Å². The van der Waals surface area contributed by atoms with Crippen LogP contribution in [0.1, 0.15) is 24.5 Å². The third kappa shape index (κ3) is 5.13. The molecule has 3 aromatic rings. The highest BCUT2D eigenvalue weighted by atomic mass is 16.3.